The van der Waals surface area contributed by atoms with E-state index in [1.165, 1.54) is 0 Å². The first-order chi connectivity index (χ1) is 15.3. The van der Waals surface area contributed by atoms with Gasteiger partial charge in [-0.05, 0) is 23.5 Å². The standard InChI is InChI=1S/C26H16N4O.Pt/c1-3-13-25-19(7-1)17-29(27-25)21-9-5-11-23(15-21)31-24-12-6-10-22(16-24)30-18-20-8-2-4-14-26(20)28-30;/h1-14,17-18H;/q-2;+2. The Bertz CT molecular complexity index is 1350. The van der Waals surface area contributed by atoms with Crippen LogP contribution < -0.4 is 4.74 Å². The van der Waals surface area contributed by atoms with Crippen LogP contribution in [0.25, 0.3) is 33.2 Å². The number of hydrogen-bond acceptors (Lipinski definition) is 3. The van der Waals surface area contributed by atoms with Crippen LogP contribution in [-0.2, 0) is 21.1 Å². The minimum absolute atomic E-state index is 0. The summed E-state index contributed by atoms with van der Waals surface area (Å²) in [6.07, 6.45) is 3.97. The first-order valence-electron chi connectivity index (χ1n) is 9.94. The number of fused-ring (bicyclic) bond motifs is 2. The van der Waals surface area contributed by atoms with Crippen LogP contribution in [0.15, 0.2) is 97.3 Å². The van der Waals surface area contributed by atoms with E-state index in [0.717, 1.165) is 33.2 Å². The summed E-state index contributed by atoms with van der Waals surface area (Å²) < 4.78 is 9.68. The van der Waals surface area contributed by atoms with E-state index in [0.29, 0.717) is 11.5 Å². The Hall–Kier alpha value is -3.69. The molecule has 0 saturated carbocycles. The third-order valence-corrected chi connectivity index (χ3v) is 5.05. The maximum atomic E-state index is 6.06. The summed E-state index contributed by atoms with van der Waals surface area (Å²) in [5, 5.41) is 11.4. The van der Waals surface area contributed by atoms with Crippen molar-refractivity contribution in [3.05, 3.63) is 109 Å². The van der Waals surface area contributed by atoms with Gasteiger partial charge in [-0.2, -0.15) is 22.3 Å². The van der Waals surface area contributed by atoms with Gasteiger partial charge in [0.25, 0.3) is 0 Å². The second-order valence-electron chi connectivity index (χ2n) is 7.17. The molecule has 0 radical (unpaired) electrons. The molecule has 2 aromatic heterocycles. The van der Waals surface area contributed by atoms with Crippen molar-refractivity contribution in [2.45, 2.75) is 0 Å². The molecule has 0 spiro atoms. The molecule has 32 heavy (non-hydrogen) atoms. The monoisotopic (exact) mass is 595 g/mol. The average Bonchev–Trinajstić information content (AvgIpc) is 3.44. The molecule has 6 rings (SSSR count). The van der Waals surface area contributed by atoms with Crippen molar-refractivity contribution < 1.29 is 25.8 Å². The van der Waals surface area contributed by atoms with Crippen LogP contribution in [0.3, 0.4) is 0 Å². The van der Waals surface area contributed by atoms with Gasteiger partial charge in [0.15, 0.2) is 0 Å². The van der Waals surface area contributed by atoms with E-state index in [2.05, 4.69) is 22.3 Å². The molecule has 156 valence electrons. The van der Waals surface area contributed by atoms with Crippen molar-refractivity contribution in [3.63, 3.8) is 0 Å². The van der Waals surface area contributed by atoms with Crippen LogP contribution in [0.5, 0.6) is 11.5 Å². The molecule has 0 N–H and O–H groups in total. The maximum absolute atomic E-state index is 6.06. The van der Waals surface area contributed by atoms with E-state index in [9.17, 15) is 0 Å². The minimum atomic E-state index is 0. The molecule has 0 aliphatic rings. The van der Waals surface area contributed by atoms with Crippen molar-refractivity contribution >= 4 is 21.8 Å². The summed E-state index contributed by atoms with van der Waals surface area (Å²) in [6.45, 7) is 0. The largest absolute Gasteiger partial charge is 2.00 e. The fourth-order valence-corrected chi connectivity index (χ4v) is 3.55. The molecule has 6 heteroatoms. The zero-order valence-electron chi connectivity index (χ0n) is 16.8. The van der Waals surface area contributed by atoms with Gasteiger partial charge in [-0.25, -0.2) is 0 Å². The Morgan fingerprint density at radius 1 is 0.562 bits per heavy atom. The summed E-state index contributed by atoms with van der Waals surface area (Å²) in [5.41, 5.74) is 3.50. The molecule has 4 aromatic carbocycles. The molecular weight excluding hydrogens is 579 g/mol. The Kier molecular flexibility index (Phi) is 5.34. The van der Waals surface area contributed by atoms with Gasteiger partial charge in [0, 0.05) is 34.7 Å². The predicted octanol–water partition coefficient (Wildman–Crippen LogP) is 5.75. The summed E-state index contributed by atoms with van der Waals surface area (Å²) >= 11 is 0. The normalized spacial score (nSPS) is 10.9. The van der Waals surface area contributed by atoms with Crippen molar-refractivity contribution in [1.29, 1.82) is 0 Å². The van der Waals surface area contributed by atoms with Crippen molar-refractivity contribution in [1.82, 2.24) is 19.6 Å². The molecule has 5 nitrogen and oxygen atoms in total. The van der Waals surface area contributed by atoms with Crippen LogP contribution in [0, 0.1) is 12.1 Å². The van der Waals surface area contributed by atoms with Gasteiger partial charge in [0.05, 0.1) is 11.0 Å². The van der Waals surface area contributed by atoms with Gasteiger partial charge in [-0.15, -0.1) is 36.4 Å². The van der Waals surface area contributed by atoms with Gasteiger partial charge in [0.2, 0.25) is 0 Å². The van der Waals surface area contributed by atoms with E-state index in [1.54, 1.807) is 0 Å². The Morgan fingerprint density at radius 3 is 1.50 bits per heavy atom. The molecule has 6 aromatic rings. The fraction of sp³-hybridized carbons (Fsp3) is 0. The number of ether oxygens (including phenoxy) is 1. The molecule has 0 aliphatic carbocycles. The molecular formula is C26H16N4OPt. The van der Waals surface area contributed by atoms with E-state index >= 15 is 0 Å². The van der Waals surface area contributed by atoms with Gasteiger partial charge in [-0.3, -0.25) is 9.36 Å². The zero-order chi connectivity index (χ0) is 20.6. The second-order valence-corrected chi connectivity index (χ2v) is 7.17. The molecule has 0 fully saturated rings. The van der Waals surface area contributed by atoms with Crippen molar-refractivity contribution in [3.8, 4) is 22.9 Å². The van der Waals surface area contributed by atoms with Gasteiger partial charge < -0.3 is 4.74 Å². The molecule has 0 aliphatic heterocycles. The third kappa shape index (κ3) is 3.83. The predicted molar refractivity (Wildman–Crippen MR) is 120 cm³/mol. The van der Waals surface area contributed by atoms with Crippen molar-refractivity contribution in [2.75, 3.05) is 0 Å². The summed E-state index contributed by atoms with van der Waals surface area (Å²) in [6, 6.07) is 34.1. The summed E-state index contributed by atoms with van der Waals surface area (Å²) in [7, 11) is 0. The number of benzene rings is 4. The fourth-order valence-electron chi connectivity index (χ4n) is 3.55. The first kappa shape index (κ1) is 20.2. The van der Waals surface area contributed by atoms with Crippen LogP contribution >= 0.6 is 0 Å². The molecule has 0 saturated heterocycles. The van der Waals surface area contributed by atoms with Crippen molar-refractivity contribution in [2.24, 2.45) is 0 Å². The number of nitrogens with zero attached hydrogens (tertiary/aromatic N) is 4. The molecule has 0 atom stereocenters. The van der Waals surface area contributed by atoms with Crippen LogP contribution in [-0.4, -0.2) is 19.6 Å². The summed E-state index contributed by atoms with van der Waals surface area (Å²) in [4.78, 5) is 0. The van der Waals surface area contributed by atoms with Crippen LogP contribution in [0.1, 0.15) is 0 Å². The first-order valence-corrected chi connectivity index (χ1v) is 9.94. The number of rotatable bonds is 4. The topological polar surface area (TPSA) is 44.9 Å². The average molecular weight is 596 g/mol. The molecule has 0 bridgehead atoms. The maximum Gasteiger partial charge on any atom is 2.00 e. The van der Waals surface area contributed by atoms with E-state index in [-0.39, 0.29) is 21.1 Å². The summed E-state index contributed by atoms with van der Waals surface area (Å²) in [5.74, 6) is 1.19. The zero-order valence-corrected chi connectivity index (χ0v) is 19.0. The number of hydrogen-bond donors (Lipinski definition) is 0. The quantitative estimate of drug-likeness (QED) is 0.244. The minimum Gasteiger partial charge on any atom is -0.509 e. The van der Waals surface area contributed by atoms with Crippen LogP contribution in [0.2, 0.25) is 0 Å². The molecule has 0 amide bonds. The molecule has 2 heterocycles. The Balaban J connectivity index is 0.00000216. The van der Waals surface area contributed by atoms with Crippen LogP contribution in [0.4, 0.5) is 0 Å². The third-order valence-electron chi connectivity index (χ3n) is 5.05. The Labute approximate surface area is 199 Å². The smallest absolute Gasteiger partial charge is 0.509 e. The van der Waals surface area contributed by atoms with E-state index < -0.39 is 0 Å². The van der Waals surface area contributed by atoms with E-state index in [4.69, 9.17) is 4.74 Å². The Morgan fingerprint density at radius 2 is 1.03 bits per heavy atom. The number of aromatic nitrogens is 4. The van der Waals surface area contributed by atoms with E-state index in [1.807, 2.05) is 107 Å². The SMILES string of the molecule is [Pt+2].[c-]1c(Oc2[c-]c(-n3cc4ccccc4n3)ccc2)cccc1-n1cc2ccccc2n1. The van der Waals surface area contributed by atoms with Gasteiger partial charge in [0.1, 0.15) is 0 Å². The van der Waals surface area contributed by atoms with Gasteiger partial charge >= 0.3 is 21.1 Å². The second kappa shape index (κ2) is 8.45. The van der Waals surface area contributed by atoms with Gasteiger partial charge in [-0.1, -0.05) is 36.4 Å². The molecule has 0 unspecified atom stereocenters.